The Morgan fingerprint density at radius 1 is 1.54 bits per heavy atom. The summed E-state index contributed by atoms with van der Waals surface area (Å²) in [5.74, 6) is 0. The van der Waals surface area contributed by atoms with Gasteiger partial charge in [-0.1, -0.05) is 28.1 Å². The number of rotatable bonds is 1. The van der Waals surface area contributed by atoms with Crippen molar-refractivity contribution in [2.75, 3.05) is 5.32 Å². The first-order valence-corrected chi connectivity index (χ1v) is 5.56. The van der Waals surface area contributed by atoms with E-state index < -0.39 is 0 Å². The fourth-order valence-corrected chi connectivity index (χ4v) is 2.21. The van der Waals surface area contributed by atoms with E-state index in [1.807, 2.05) is 5.37 Å². The van der Waals surface area contributed by atoms with Gasteiger partial charge in [-0.15, -0.1) is 0 Å². The SMILES string of the molecule is S=CC1CCc2cc(Br)ccc2N1. The molecule has 0 spiro atoms. The number of halogens is 1. The summed E-state index contributed by atoms with van der Waals surface area (Å²) in [6, 6.07) is 6.69. The molecule has 0 bridgehead atoms. The summed E-state index contributed by atoms with van der Waals surface area (Å²) in [7, 11) is 0. The van der Waals surface area contributed by atoms with E-state index in [1.54, 1.807) is 0 Å². The zero-order valence-corrected chi connectivity index (χ0v) is 9.49. The Morgan fingerprint density at radius 2 is 2.38 bits per heavy atom. The van der Waals surface area contributed by atoms with Crippen LogP contribution in [0.4, 0.5) is 5.69 Å². The predicted molar refractivity (Wildman–Crippen MR) is 63.5 cm³/mol. The van der Waals surface area contributed by atoms with Gasteiger partial charge >= 0.3 is 0 Å². The lowest BCUT2D eigenvalue weighted by atomic mass is 9.99. The van der Waals surface area contributed by atoms with Crippen LogP contribution >= 0.6 is 28.1 Å². The van der Waals surface area contributed by atoms with Crippen molar-refractivity contribution in [1.29, 1.82) is 0 Å². The zero-order valence-electron chi connectivity index (χ0n) is 7.09. The molecule has 1 N–H and O–H groups in total. The fourth-order valence-electron chi connectivity index (χ4n) is 1.59. The molecule has 2 rings (SSSR count). The van der Waals surface area contributed by atoms with Crippen molar-refractivity contribution in [2.45, 2.75) is 18.9 Å². The molecule has 3 heteroatoms. The van der Waals surface area contributed by atoms with Crippen LogP contribution < -0.4 is 5.32 Å². The third-order valence-electron chi connectivity index (χ3n) is 2.30. The van der Waals surface area contributed by atoms with Crippen molar-refractivity contribution in [3.63, 3.8) is 0 Å². The van der Waals surface area contributed by atoms with Crippen molar-refractivity contribution in [3.05, 3.63) is 28.2 Å². The number of anilines is 1. The molecule has 68 valence electrons. The molecular formula is C10H10BrNS. The van der Waals surface area contributed by atoms with Gasteiger partial charge in [0.2, 0.25) is 0 Å². The van der Waals surface area contributed by atoms with E-state index in [-0.39, 0.29) is 0 Å². The second kappa shape index (κ2) is 3.76. The molecule has 0 fully saturated rings. The van der Waals surface area contributed by atoms with E-state index in [9.17, 15) is 0 Å². The number of hydrogen-bond donors (Lipinski definition) is 1. The number of benzene rings is 1. The molecule has 1 atom stereocenters. The van der Waals surface area contributed by atoms with Crippen LogP contribution in [0.1, 0.15) is 12.0 Å². The van der Waals surface area contributed by atoms with Crippen LogP contribution in [0.3, 0.4) is 0 Å². The summed E-state index contributed by atoms with van der Waals surface area (Å²) in [4.78, 5) is 0. The van der Waals surface area contributed by atoms with Gasteiger partial charge < -0.3 is 5.32 Å². The Balaban J connectivity index is 2.31. The first kappa shape index (κ1) is 9.16. The molecule has 1 nitrogen and oxygen atoms in total. The average molecular weight is 256 g/mol. The molecule has 0 aromatic heterocycles. The molecule has 0 saturated heterocycles. The monoisotopic (exact) mass is 255 g/mol. The zero-order chi connectivity index (χ0) is 9.26. The summed E-state index contributed by atoms with van der Waals surface area (Å²) in [5, 5.41) is 5.20. The van der Waals surface area contributed by atoms with E-state index in [0.29, 0.717) is 6.04 Å². The fraction of sp³-hybridized carbons (Fsp3) is 0.300. The minimum absolute atomic E-state index is 0.365. The molecule has 0 amide bonds. The van der Waals surface area contributed by atoms with Crippen molar-refractivity contribution in [3.8, 4) is 0 Å². The Hall–Kier alpha value is -0.410. The number of aryl methyl sites for hydroxylation is 1. The number of hydrogen-bond acceptors (Lipinski definition) is 2. The highest BCUT2D eigenvalue weighted by atomic mass is 79.9. The van der Waals surface area contributed by atoms with E-state index in [4.69, 9.17) is 12.2 Å². The van der Waals surface area contributed by atoms with Crippen LogP contribution in [0.15, 0.2) is 22.7 Å². The summed E-state index contributed by atoms with van der Waals surface area (Å²) < 4.78 is 1.15. The van der Waals surface area contributed by atoms with Crippen LogP contribution in [0, 0.1) is 0 Å². The van der Waals surface area contributed by atoms with Crippen LogP contribution in [0.5, 0.6) is 0 Å². The van der Waals surface area contributed by atoms with Gasteiger partial charge in [0.1, 0.15) is 0 Å². The lowest BCUT2D eigenvalue weighted by Crippen LogP contribution is -2.25. The molecule has 0 radical (unpaired) electrons. The number of fused-ring (bicyclic) bond motifs is 1. The summed E-state index contributed by atoms with van der Waals surface area (Å²) in [6.45, 7) is 0. The van der Waals surface area contributed by atoms with Crippen molar-refractivity contribution >= 4 is 39.2 Å². The van der Waals surface area contributed by atoms with E-state index in [2.05, 4.69) is 39.4 Å². The molecular weight excluding hydrogens is 246 g/mol. The molecule has 1 aliphatic rings. The minimum atomic E-state index is 0.365. The lowest BCUT2D eigenvalue weighted by Gasteiger charge is -2.24. The second-order valence-electron chi connectivity index (χ2n) is 3.23. The van der Waals surface area contributed by atoms with Crippen molar-refractivity contribution in [1.82, 2.24) is 0 Å². The van der Waals surface area contributed by atoms with Gasteiger partial charge in [0.25, 0.3) is 0 Å². The van der Waals surface area contributed by atoms with Crippen molar-refractivity contribution < 1.29 is 0 Å². The molecule has 0 saturated carbocycles. The van der Waals surface area contributed by atoms with Crippen LogP contribution in [0.25, 0.3) is 0 Å². The maximum Gasteiger partial charge on any atom is 0.0550 e. The van der Waals surface area contributed by atoms with E-state index >= 15 is 0 Å². The Morgan fingerprint density at radius 3 is 3.15 bits per heavy atom. The Bertz CT molecular complexity index is 338. The van der Waals surface area contributed by atoms with E-state index in [0.717, 1.165) is 17.3 Å². The summed E-state index contributed by atoms with van der Waals surface area (Å²) in [5.41, 5.74) is 2.60. The van der Waals surface area contributed by atoms with Crippen LogP contribution in [-0.4, -0.2) is 11.4 Å². The van der Waals surface area contributed by atoms with Gasteiger partial charge in [0.15, 0.2) is 0 Å². The predicted octanol–water partition coefficient (Wildman–Crippen LogP) is 3.18. The van der Waals surface area contributed by atoms with Gasteiger partial charge in [-0.25, -0.2) is 0 Å². The molecule has 1 aliphatic heterocycles. The molecule has 1 heterocycles. The summed E-state index contributed by atoms with van der Waals surface area (Å²) in [6.07, 6.45) is 2.21. The Labute approximate surface area is 91.7 Å². The van der Waals surface area contributed by atoms with Gasteiger partial charge in [-0.3, -0.25) is 0 Å². The molecule has 0 aliphatic carbocycles. The third-order valence-corrected chi connectivity index (χ3v) is 3.12. The first-order valence-electron chi connectivity index (χ1n) is 4.30. The highest BCUT2D eigenvalue weighted by Gasteiger charge is 2.14. The quantitative estimate of drug-likeness (QED) is 0.774. The topological polar surface area (TPSA) is 12.0 Å². The molecule has 13 heavy (non-hydrogen) atoms. The third kappa shape index (κ3) is 1.92. The van der Waals surface area contributed by atoms with Crippen LogP contribution in [-0.2, 0) is 6.42 Å². The molecule has 1 aromatic rings. The maximum atomic E-state index is 4.93. The van der Waals surface area contributed by atoms with Gasteiger partial charge in [-0.2, -0.15) is 0 Å². The number of thiocarbonyl (C=S) groups is 1. The normalized spacial score (nSPS) is 20.2. The number of nitrogens with one attached hydrogen (secondary N) is 1. The van der Waals surface area contributed by atoms with Gasteiger partial charge in [-0.05, 0) is 36.6 Å². The van der Waals surface area contributed by atoms with Crippen molar-refractivity contribution in [2.24, 2.45) is 0 Å². The Kier molecular flexibility index (Phi) is 2.65. The lowest BCUT2D eigenvalue weighted by molar-refractivity contribution is 0.770. The van der Waals surface area contributed by atoms with Gasteiger partial charge in [0, 0.05) is 15.5 Å². The summed E-state index contributed by atoms with van der Waals surface area (Å²) >= 11 is 8.40. The van der Waals surface area contributed by atoms with Gasteiger partial charge in [0.05, 0.1) is 6.04 Å². The maximum absolute atomic E-state index is 4.93. The first-order chi connectivity index (χ1) is 6.29. The smallest absolute Gasteiger partial charge is 0.0550 e. The highest BCUT2D eigenvalue weighted by molar-refractivity contribution is 9.10. The average Bonchev–Trinajstić information content (AvgIpc) is 2.17. The van der Waals surface area contributed by atoms with E-state index in [1.165, 1.54) is 11.3 Å². The standard InChI is InChI=1S/C10H10BrNS/c11-8-2-4-10-7(5-8)1-3-9(6-13)12-10/h2,4-6,9,12H,1,3H2. The second-order valence-corrected chi connectivity index (χ2v) is 4.41. The minimum Gasteiger partial charge on any atom is -0.378 e. The molecule has 1 aromatic carbocycles. The largest absolute Gasteiger partial charge is 0.378 e. The molecule has 1 unspecified atom stereocenters. The highest BCUT2D eigenvalue weighted by Crippen LogP contribution is 2.27. The van der Waals surface area contributed by atoms with Crippen LogP contribution in [0.2, 0.25) is 0 Å².